The number of hydrogen-bond acceptors (Lipinski definition) is 5. The van der Waals surface area contributed by atoms with E-state index in [1.165, 1.54) is 21.6 Å². The Labute approximate surface area is 186 Å². The standard InChI is InChI=1S/C20H23NOS.C4H4O4/c1-21-12-10-16(11-13-21)22-20-17-7-3-2-6-15(17)14-23-19-9-5-4-8-18(19)20;5-3(6)1-2-4(7)8/h2-9,16,20H,10-14H2,1H3;1-2H,(H,5,6)(H,7,8). The molecule has 1 saturated heterocycles. The maximum absolute atomic E-state index is 9.55. The minimum Gasteiger partial charge on any atom is -0.478 e. The van der Waals surface area contributed by atoms with Crippen molar-refractivity contribution < 1.29 is 24.5 Å². The molecule has 2 heterocycles. The summed E-state index contributed by atoms with van der Waals surface area (Å²) in [6.07, 6.45) is 3.81. The van der Waals surface area contributed by atoms with Crippen LogP contribution in [0.4, 0.5) is 0 Å². The molecule has 2 aliphatic heterocycles. The molecule has 2 aromatic carbocycles. The van der Waals surface area contributed by atoms with E-state index in [1.807, 2.05) is 11.8 Å². The van der Waals surface area contributed by atoms with Gasteiger partial charge in [-0.15, -0.1) is 11.8 Å². The fourth-order valence-electron chi connectivity index (χ4n) is 3.68. The predicted molar refractivity (Wildman–Crippen MR) is 120 cm³/mol. The lowest BCUT2D eigenvalue weighted by atomic mass is 9.96. The van der Waals surface area contributed by atoms with Gasteiger partial charge in [0.2, 0.25) is 0 Å². The van der Waals surface area contributed by atoms with Crippen molar-refractivity contribution in [2.24, 2.45) is 0 Å². The van der Waals surface area contributed by atoms with E-state index in [1.54, 1.807) is 0 Å². The molecular formula is C24H27NO5S. The molecule has 0 saturated carbocycles. The molecule has 0 aliphatic carbocycles. The number of benzene rings is 2. The van der Waals surface area contributed by atoms with Crippen molar-refractivity contribution in [3.05, 3.63) is 77.4 Å². The van der Waals surface area contributed by atoms with Gasteiger partial charge in [0.15, 0.2) is 0 Å². The van der Waals surface area contributed by atoms with E-state index in [9.17, 15) is 9.59 Å². The van der Waals surface area contributed by atoms with E-state index in [4.69, 9.17) is 14.9 Å². The highest BCUT2D eigenvalue weighted by Gasteiger charge is 2.28. The Kier molecular flexibility index (Phi) is 8.28. The molecule has 0 spiro atoms. The lowest BCUT2D eigenvalue weighted by molar-refractivity contribution is -0.134. The number of carbonyl (C=O) groups is 2. The summed E-state index contributed by atoms with van der Waals surface area (Å²) >= 11 is 1.93. The van der Waals surface area contributed by atoms with Crippen LogP contribution in [0.1, 0.15) is 35.6 Å². The van der Waals surface area contributed by atoms with Crippen molar-refractivity contribution >= 4 is 23.7 Å². The second kappa shape index (κ2) is 11.1. The molecule has 31 heavy (non-hydrogen) atoms. The fourth-order valence-corrected chi connectivity index (χ4v) is 4.77. The first-order valence-corrected chi connectivity index (χ1v) is 11.2. The number of carboxylic acids is 2. The van der Waals surface area contributed by atoms with Gasteiger partial charge in [0.05, 0.1) is 6.10 Å². The topological polar surface area (TPSA) is 87.1 Å². The highest BCUT2D eigenvalue weighted by Crippen LogP contribution is 2.42. The number of carboxylic acid groups (broad SMARTS) is 2. The maximum Gasteiger partial charge on any atom is 0.328 e. The van der Waals surface area contributed by atoms with Crippen molar-refractivity contribution in [2.75, 3.05) is 20.1 Å². The number of piperidine rings is 1. The molecule has 2 aromatic rings. The lowest BCUT2D eigenvalue weighted by Crippen LogP contribution is -2.35. The van der Waals surface area contributed by atoms with Gasteiger partial charge in [-0.1, -0.05) is 42.5 Å². The van der Waals surface area contributed by atoms with Crippen LogP contribution >= 0.6 is 11.8 Å². The highest BCUT2D eigenvalue weighted by atomic mass is 32.2. The highest BCUT2D eigenvalue weighted by molar-refractivity contribution is 7.98. The molecule has 1 unspecified atom stereocenters. The fraction of sp³-hybridized carbons (Fsp3) is 0.333. The third-order valence-electron chi connectivity index (χ3n) is 5.28. The summed E-state index contributed by atoms with van der Waals surface area (Å²) in [4.78, 5) is 22.9. The minimum absolute atomic E-state index is 0.0748. The number of thioether (sulfide) groups is 1. The van der Waals surface area contributed by atoms with Gasteiger partial charge < -0.3 is 19.8 Å². The first kappa shape index (κ1) is 23.1. The van der Waals surface area contributed by atoms with Crippen LogP contribution in [0.15, 0.2) is 65.6 Å². The van der Waals surface area contributed by atoms with Crippen LogP contribution in [0.5, 0.6) is 0 Å². The van der Waals surface area contributed by atoms with Crippen LogP contribution in [-0.4, -0.2) is 53.3 Å². The zero-order valence-electron chi connectivity index (χ0n) is 17.4. The van der Waals surface area contributed by atoms with Crippen LogP contribution in [0.3, 0.4) is 0 Å². The molecule has 7 heteroatoms. The van der Waals surface area contributed by atoms with E-state index in [0.717, 1.165) is 31.7 Å². The smallest absolute Gasteiger partial charge is 0.328 e. The molecule has 0 amide bonds. The number of ether oxygens (including phenoxy) is 1. The van der Waals surface area contributed by atoms with Crippen molar-refractivity contribution in [1.82, 2.24) is 4.90 Å². The van der Waals surface area contributed by atoms with Crippen molar-refractivity contribution in [3.63, 3.8) is 0 Å². The van der Waals surface area contributed by atoms with Gasteiger partial charge in [0, 0.05) is 35.9 Å². The Morgan fingerprint density at radius 3 is 2.19 bits per heavy atom. The van der Waals surface area contributed by atoms with Crippen LogP contribution in [0, 0.1) is 0 Å². The minimum atomic E-state index is -1.26. The molecule has 2 aliphatic rings. The van der Waals surface area contributed by atoms with Gasteiger partial charge in [-0.25, -0.2) is 9.59 Å². The Bertz CT molecular complexity index is 874. The summed E-state index contributed by atoms with van der Waals surface area (Å²) < 4.78 is 6.67. The number of nitrogens with zero attached hydrogens (tertiary/aromatic N) is 1. The van der Waals surface area contributed by atoms with Gasteiger partial charge in [-0.2, -0.15) is 0 Å². The van der Waals surface area contributed by atoms with Crippen LogP contribution in [0.2, 0.25) is 0 Å². The summed E-state index contributed by atoms with van der Waals surface area (Å²) in [6, 6.07) is 17.5. The number of likely N-dealkylation sites (tertiary alicyclic amines) is 1. The van der Waals surface area contributed by atoms with Crippen molar-refractivity contribution in [2.45, 2.75) is 35.7 Å². The molecule has 1 atom stereocenters. The average molecular weight is 442 g/mol. The molecular weight excluding hydrogens is 414 g/mol. The number of aliphatic carboxylic acids is 2. The Balaban J connectivity index is 0.000000293. The summed E-state index contributed by atoms with van der Waals surface area (Å²) in [5, 5.41) is 15.6. The molecule has 6 nitrogen and oxygen atoms in total. The lowest BCUT2D eigenvalue weighted by Gasteiger charge is -2.32. The van der Waals surface area contributed by atoms with Crippen LogP contribution in [-0.2, 0) is 20.1 Å². The van der Waals surface area contributed by atoms with Crippen molar-refractivity contribution in [3.8, 4) is 0 Å². The third-order valence-corrected chi connectivity index (χ3v) is 6.42. The normalized spacial score (nSPS) is 18.9. The van der Waals surface area contributed by atoms with Gasteiger partial charge in [0.25, 0.3) is 0 Å². The molecule has 1 fully saturated rings. The maximum atomic E-state index is 9.55. The van der Waals surface area contributed by atoms with E-state index < -0.39 is 11.9 Å². The second-order valence-electron chi connectivity index (χ2n) is 7.55. The molecule has 0 aromatic heterocycles. The van der Waals surface area contributed by atoms with E-state index in [0.29, 0.717) is 18.3 Å². The summed E-state index contributed by atoms with van der Waals surface area (Å²) in [5.41, 5.74) is 4.09. The van der Waals surface area contributed by atoms with Crippen molar-refractivity contribution in [1.29, 1.82) is 0 Å². The second-order valence-corrected chi connectivity index (χ2v) is 8.57. The predicted octanol–water partition coefficient (Wildman–Crippen LogP) is 4.20. The van der Waals surface area contributed by atoms with Gasteiger partial charge in [-0.3, -0.25) is 0 Å². The molecule has 0 radical (unpaired) electrons. The quantitative estimate of drug-likeness (QED) is 0.688. The largest absolute Gasteiger partial charge is 0.478 e. The average Bonchev–Trinajstić information content (AvgIpc) is 2.92. The van der Waals surface area contributed by atoms with Crippen LogP contribution < -0.4 is 0 Å². The number of hydrogen-bond donors (Lipinski definition) is 2. The third kappa shape index (κ3) is 6.69. The van der Waals surface area contributed by atoms with E-state index in [-0.39, 0.29) is 6.10 Å². The molecule has 164 valence electrons. The zero-order valence-corrected chi connectivity index (χ0v) is 18.3. The first-order chi connectivity index (χ1) is 14.9. The Morgan fingerprint density at radius 1 is 0.968 bits per heavy atom. The Morgan fingerprint density at radius 2 is 1.55 bits per heavy atom. The summed E-state index contributed by atoms with van der Waals surface area (Å²) in [6.45, 7) is 2.27. The zero-order chi connectivity index (χ0) is 22.2. The van der Waals surface area contributed by atoms with E-state index in [2.05, 4.69) is 60.5 Å². The first-order valence-electron chi connectivity index (χ1n) is 10.2. The van der Waals surface area contributed by atoms with Gasteiger partial charge in [-0.05, 0) is 42.6 Å². The monoisotopic (exact) mass is 441 g/mol. The SMILES string of the molecule is CN1CCC(OC2c3ccccc3CSc3ccccc32)CC1.O=C(O)C=CC(=O)O. The summed E-state index contributed by atoms with van der Waals surface area (Å²) in [7, 11) is 2.20. The number of fused-ring (bicyclic) bond motifs is 2. The Hall–Kier alpha value is -2.61. The molecule has 2 N–H and O–H groups in total. The van der Waals surface area contributed by atoms with Crippen LogP contribution in [0.25, 0.3) is 0 Å². The van der Waals surface area contributed by atoms with E-state index >= 15 is 0 Å². The summed E-state index contributed by atoms with van der Waals surface area (Å²) in [5.74, 6) is -1.49. The number of rotatable bonds is 4. The molecule has 0 bridgehead atoms. The van der Waals surface area contributed by atoms with Gasteiger partial charge in [0.1, 0.15) is 6.10 Å². The van der Waals surface area contributed by atoms with Gasteiger partial charge >= 0.3 is 11.9 Å². The molecule has 4 rings (SSSR count).